The molecule has 0 aromatic heterocycles. The van der Waals surface area contributed by atoms with E-state index in [2.05, 4.69) is 0 Å². The Bertz CT molecular complexity index is 580. The van der Waals surface area contributed by atoms with Crippen LogP contribution in [-0.2, 0) is 6.42 Å². The molecule has 19 heavy (non-hydrogen) atoms. The first-order valence-electron chi connectivity index (χ1n) is 6.35. The van der Waals surface area contributed by atoms with E-state index in [0.29, 0.717) is 11.5 Å². The number of hydrogen-bond acceptors (Lipinski definition) is 3. The molecule has 2 aromatic rings. The molecular weight excluding hydrogens is 240 g/mol. The van der Waals surface area contributed by atoms with Gasteiger partial charge in [0, 0.05) is 6.42 Å². The molecule has 0 heterocycles. The van der Waals surface area contributed by atoms with E-state index in [-0.39, 0.29) is 6.10 Å². The van der Waals surface area contributed by atoms with Crippen LogP contribution in [0.4, 0.5) is 0 Å². The zero-order chi connectivity index (χ0) is 13.2. The van der Waals surface area contributed by atoms with Crippen LogP contribution in [0.2, 0.25) is 0 Å². The summed E-state index contributed by atoms with van der Waals surface area (Å²) in [5, 5.41) is 10.3. The number of rotatable bonds is 3. The Labute approximate surface area is 112 Å². The number of fused-ring (bicyclic) bond motifs is 1. The molecule has 0 saturated heterocycles. The predicted molar refractivity (Wildman–Crippen MR) is 72.5 cm³/mol. The average Bonchev–Trinajstić information content (AvgIpc) is 2.77. The van der Waals surface area contributed by atoms with Crippen LogP contribution in [0.5, 0.6) is 11.5 Å². The van der Waals surface area contributed by atoms with Gasteiger partial charge < -0.3 is 14.6 Å². The van der Waals surface area contributed by atoms with Crippen LogP contribution in [0.1, 0.15) is 17.2 Å². The van der Waals surface area contributed by atoms with Crippen molar-refractivity contribution < 1.29 is 14.6 Å². The van der Waals surface area contributed by atoms with Gasteiger partial charge in [0.05, 0.1) is 7.11 Å². The molecule has 0 radical (unpaired) electrons. The number of benzene rings is 2. The summed E-state index contributed by atoms with van der Waals surface area (Å²) in [7, 11) is 1.61. The highest BCUT2D eigenvalue weighted by atomic mass is 16.5. The summed E-state index contributed by atoms with van der Waals surface area (Å²) in [6.07, 6.45) is -0.120. The van der Waals surface area contributed by atoms with Crippen LogP contribution in [0, 0.1) is 0 Å². The summed E-state index contributed by atoms with van der Waals surface area (Å²) in [4.78, 5) is 0. The SMILES string of the molecule is COc1ccccc1OC1Cc2ccccc2C1O. The fraction of sp³-hybridized carbons (Fsp3) is 0.250. The van der Waals surface area contributed by atoms with Crippen molar-refractivity contribution in [2.24, 2.45) is 0 Å². The highest BCUT2D eigenvalue weighted by Gasteiger charge is 2.32. The number of ether oxygens (including phenoxy) is 2. The smallest absolute Gasteiger partial charge is 0.161 e. The Kier molecular flexibility index (Phi) is 3.13. The van der Waals surface area contributed by atoms with Crippen LogP contribution < -0.4 is 9.47 Å². The predicted octanol–water partition coefficient (Wildman–Crippen LogP) is 2.73. The molecule has 2 unspecified atom stereocenters. The molecular formula is C16H16O3. The molecule has 0 bridgehead atoms. The van der Waals surface area contributed by atoms with Gasteiger partial charge in [-0.2, -0.15) is 0 Å². The zero-order valence-electron chi connectivity index (χ0n) is 10.7. The van der Waals surface area contributed by atoms with Crippen molar-refractivity contribution in [2.75, 3.05) is 7.11 Å². The molecule has 0 saturated carbocycles. The third-order valence-corrected chi connectivity index (χ3v) is 3.49. The van der Waals surface area contributed by atoms with E-state index in [1.807, 2.05) is 48.5 Å². The Morgan fingerprint density at radius 3 is 2.42 bits per heavy atom. The maximum Gasteiger partial charge on any atom is 0.161 e. The molecule has 0 fully saturated rings. The van der Waals surface area contributed by atoms with Gasteiger partial charge in [0.15, 0.2) is 11.5 Å². The van der Waals surface area contributed by atoms with Crippen molar-refractivity contribution in [3.8, 4) is 11.5 Å². The minimum atomic E-state index is -0.582. The van der Waals surface area contributed by atoms with Crippen molar-refractivity contribution in [3.05, 3.63) is 59.7 Å². The number of aliphatic hydroxyl groups excluding tert-OH is 1. The van der Waals surface area contributed by atoms with Gasteiger partial charge in [0.25, 0.3) is 0 Å². The van der Waals surface area contributed by atoms with Crippen molar-refractivity contribution in [1.82, 2.24) is 0 Å². The fourth-order valence-electron chi connectivity index (χ4n) is 2.52. The van der Waals surface area contributed by atoms with Crippen molar-refractivity contribution in [3.63, 3.8) is 0 Å². The van der Waals surface area contributed by atoms with E-state index in [9.17, 15) is 5.11 Å². The molecule has 1 aliphatic carbocycles. The lowest BCUT2D eigenvalue weighted by atomic mass is 10.1. The van der Waals surface area contributed by atoms with Gasteiger partial charge in [-0.25, -0.2) is 0 Å². The molecule has 3 rings (SSSR count). The van der Waals surface area contributed by atoms with Gasteiger partial charge >= 0.3 is 0 Å². The van der Waals surface area contributed by atoms with E-state index in [1.54, 1.807) is 7.11 Å². The summed E-state index contributed by atoms with van der Waals surface area (Å²) < 4.78 is 11.2. The van der Waals surface area contributed by atoms with Gasteiger partial charge in [-0.05, 0) is 23.3 Å². The van der Waals surface area contributed by atoms with Crippen LogP contribution in [-0.4, -0.2) is 18.3 Å². The Morgan fingerprint density at radius 2 is 1.68 bits per heavy atom. The van der Waals surface area contributed by atoms with Gasteiger partial charge in [-0.1, -0.05) is 36.4 Å². The minimum absolute atomic E-state index is 0.256. The van der Waals surface area contributed by atoms with Crippen LogP contribution in [0.25, 0.3) is 0 Å². The van der Waals surface area contributed by atoms with E-state index in [4.69, 9.17) is 9.47 Å². The number of hydrogen-bond donors (Lipinski definition) is 1. The lowest BCUT2D eigenvalue weighted by Crippen LogP contribution is -2.21. The van der Waals surface area contributed by atoms with Gasteiger partial charge in [-0.3, -0.25) is 0 Å². The zero-order valence-corrected chi connectivity index (χ0v) is 10.7. The Hall–Kier alpha value is -2.00. The largest absolute Gasteiger partial charge is 0.493 e. The molecule has 98 valence electrons. The van der Waals surface area contributed by atoms with Crippen LogP contribution in [0.15, 0.2) is 48.5 Å². The number of methoxy groups -OCH3 is 1. The molecule has 1 aliphatic rings. The Balaban J connectivity index is 1.83. The van der Waals surface area contributed by atoms with E-state index in [1.165, 1.54) is 0 Å². The summed E-state index contributed by atoms with van der Waals surface area (Å²) in [6, 6.07) is 15.4. The van der Waals surface area contributed by atoms with E-state index < -0.39 is 6.10 Å². The van der Waals surface area contributed by atoms with Crippen molar-refractivity contribution in [1.29, 1.82) is 0 Å². The molecule has 0 aliphatic heterocycles. The summed E-state index contributed by atoms with van der Waals surface area (Å²) in [5.41, 5.74) is 2.11. The van der Waals surface area contributed by atoms with Gasteiger partial charge in [0.1, 0.15) is 12.2 Å². The fourth-order valence-corrected chi connectivity index (χ4v) is 2.52. The second kappa shape index (κ2) is 4.94. The first kappa shape index (κ1) is 12.1. The monoisotopic (exact) mass is 256 g/mol. The molecule has 0 amide bonds. The van der Waals surface area contributed by atoms with Crippen molar-refractivity contribution in [2.45, 2.75) is 18.6 Å². The molecule has 3 heteroatoms. The first-order chi connectivity index (χ1) is 9.29. The summed E-state index contributed by atoms with van der Waals surface area (Å²) >= 11 is 0. The topological polar surface area (TPSA) is 38.7 Å². The highest BCUT2D eigenvalue weighted by Crippen LogP contribution is 2.36. The normalized spacial score (nSPS) is 20.9. The lowest BCUT2D eigenvalue weighted by Gasteiger charge is -2.19. The minimum Gasteiger partial charge on any atom is -0.493 e. The second-order valence-electron chi connectivity index (χ2n) is 4.65. The number of aliphatic hydroxyl groups is 1. The molecule has 1 N–H and O–H groups in total. The molecule has 2 aromatic carbocycles. The summed E-state index contributed by atoms with van der Waals surface area (Å²) in [5.74, 6) is 1.35. The third kappa shape index (κ3) is 2.17. The lowest BCUT2D eigenvalue weighted by molar-refractivity contribution is 0.0477. The molecule has 0 spiro atoms. The van der Waals surface area contributed by atoms with Crippen molar-refractivity contribution >= 4 is 0 Å². The maximum absolute atomic E-state index is 10.3. The molecule has 2 atom stereocenters. The second-order valence-corrected chi connectivity index (χ2v) is 4.65. The van der Waals surface area contributed by atoms with Crippen LogP contribution >= 0.6 is 0 Å². The van der Waals surface area contributed by atoms with Gasteiger partial charge in [0.2, 0.25) is 0 Å². The van der Waals surface area contributed by atoms with E-state index in [0.717, 1.165) is 17.5 Å². The first-order valence-corrected chi connectivity index (χ1v) is 6.35. The highest BCUT2D eigenvalue weighted by molar-refractivity contribution is 5.41. The summed E-state index contributed by atoms with van der Waals surface area (Å²) in [6.45, 7) is 0. The molecule has 3 nitrogen and oxygen atoms in total. The van der Waals surface area contributed by atoms with Gasteiger partial charge in [-0.15, -0.1) is 0 Å². The van der Waals surface area contributed by atoms with Crippen LogP contribution in [0.3, 0.4) is 0 Å². The Morgan fingerprint density at radius 1 is 1.00 bits per heavy atom. The maximum atomic E-state index is 10.3. The standard InChI is InChI=1S/C16H16O3/c1-18-13-8-4-5-9-14(13)19-15-10-11-6-2-3-7-12(11)16(15)17/h2-9,15-17H,10H2,1H3. The quantitative estimate of drug-likeness (QED) is 0.917. The average molecular weight is 256 g/mol. The third-order valence-electron chi connectivity index (χ3n) is 3.49. The number of para-hydroxylation sites is 2. The van der Waals surface area contributed by atoms with E-state index >= 15 is 0 Å².